The van der Waals surface area contributed by atoms with E-state index in [2.05, 4.69) is 5.32 Å². The third-order valence-corrected chi connectivity index (χ3v) is 3.11. The number of alkyl halides is 3. The Bertz CT molecular complexity index is 517. The second-order valence-corrected chi connectivity index (χ2v) is 4.57. The zero-order valence-corrected chi connectivity index (χ0v) is 11.1. The van der Waals surface area contributed by atoms with Crippen molar-refractivity contribution in [3.05, 3.63) is 59.5 Å². The third kappa shape index (κ3) is 3.63. The molecule has 1 aromatic carbocycles. The molecule has 0 spiro atoms. The van der Waals surface area contributed by atoms with Gasteiger partial charge in [-0.1, -0.05) is 19.1 Å². The fourth-order valence-electron chi connectivity index (χ4n) is 2.10. The molecule has 1 heterocycles. The molecule has 5 heteroatoms. The highest BCUT2D eigenvalue weighted by atomic mass is 19.4. The van der Waals surface area contributed by atoms with E-state index in [9.17, 15) is 13.2 Å². The van der Waals surface area contributed by atoms with E-state index in [4.69, 9.17) is 4.42 Å². The molecule has 0 fully saturated rings. The Morgan fingerprint density at radius 3 is 2.35 bits per heavy atom. The lowest BCUT2D eigenvalue weighted by Gasteiger charge is -2.18. The van der Waals surface area contributed by atoms with Crippen molar-refractivity contribution in [1.82, 2.24) is 5.32 Å². The molecule has 0 aliphatic rings. The summed E-state index contributed by atoms with van der Waals surface area (Å²) in [4.78, 5) is 0. The standard InChI is InChI=1S/C15H16F3NO/c1-2-19-14(9-11-7-8-20-10-11)12-3-5-13(6-4-12)15(16,17)18/h3-8,10,14,19H,2,9H2,1H3. The van der Waals surface area contributed by atoms with E-state index in [1.54, 1.807) is 12.5 Å². The van der Waals surface area contributed by atoms with Crippen molar-refractivity contribution in [2.75, 3.05) is 6.54 Å². The van der Waals surface area contributed by atoms with Crippen LogP contribution in [0.4, 0.5) is 13.2 Å². The van der Waals surface area contributed by atoms with E-state index >= 15 is 0 Å². The number of hydrogen-bond donors (Lipinski definition) is 1. The van der Waals surface area contributed by atoms with Crippen LogP contribution in [0.1, 0.15) is 29.7 Å². The first-order valence-electron chi connectivity index (χ1n) is 6.42. The Morgan fingerprint density at radius 1 is 1.15 bits per heavy atom. The second-order valence-electron chi connectivity index (χ2n) is 4.57. The predicted octanol–water partition coefficient (Wildman–Crippen LogP) is 4.19. The summed E-state index contributed by atoms with van der Waals surface area (Å²) >= 11 is 0. The average Bonchev–Trinajstić information content (AvgIpc) is 2.90. The van der Waals surface area contributed by atoms with Crippen LogP contribution in [0.25, 0.3) is 0 Å². The van der Waals surface area contributed by atoms with Gasteiger partial charge < -0.3 is 9.73 Å². The normalized spacial score (nSPS) is 13.4. The van der Waals surface area contributed by atoms with Gasteiger partial charge in [0.15, 0.2) is 0 Å². The summed E-state index contributed by atoms with van der Waals surface area (Å²) in [6.07, 6.45) is -0.383. The summed E-state index contributed by atoms with van der Waals surface area (Å²) in [5, 5.41) is 3.27. The van der Waals surface area contributed by atoms with Gasteiger partial charge in [-0.15, -0.1) is 0 Å². The molecule has 1 N–H and O–H groups in total. The monoisotopic (exact) mass is 283 g/mol. The molecule has 0 aliphatic carbocycles. The molecule has 0 saturated heterocycles. The minimum absolute atomic E-state index is 0.0279. The lowest BCUT2D eigenvalue weighted by Crippen LogP contribution is -2.23. The van der Waals surface area contributed by atoms with Crippen LogP contribution >= 0.6 is 0 Å². The Morgan fingerprint density at radius 2 is 1.85 bits per heavy atom. The molecule has 2 rings (SSSR count). The van der Waals surface area contributed by atoms with Crippen LogP contribution in [-0.4, -0.2) is 6.54 Å². The Balaban J connectivity index is 2.17. The van der Waals surface area contributed by atoms with Crippen molar-refractivity contribution in [1.29, 1.82) is 0 Å². The predicted molar refractivity (Wildman–Crippen MR) is 70.3 cm³/mol. The molecule has 0 amide bonds. The van der Waals surface area contributed by atoms with Gasteiger partial charge in [-0.2, -0.15) is 13.2 Å². The first kappa shape index (κ1) is 14.7. The van der Waals surface area contributed by atoms with Crippen LogP contribution in [0, 0.1) is 0 Å². The van der Waals surface area contributed by atoms with Crippen LogP contribution < -0.4 is 5.32 Å². The van der Waals surface area contributed by atoms with Crippen molar-refractivity contribution < 1.29 is 17.6 Å². The lowest BCUT2D eigenvalue weighted by molar-refractivity contribution is -0.137. The fourth-order valence-corrected chi connectivity index (χ4v) is 2.10. The fraction of sp³-hybridized carbons (Fsp3) is 0.333. The Labute approximate surface area is 115 Å². The quantitative estimate of drug-likeness (QED) is 0.890. The van der Waals surface area contributed by atoms with Gasteiger partial charge in [0.05, 0.1) is 18.1 Å². The van der Waals surface area contributed by atoms with E-state index in [0.717, 1.165) is 29.8 Å². The molecule has 2 aromatic rings. The number of nitrogens with one attached hydrogen (secondary N) is 1. The third-order valence-electron chi connectivity index (χ3n) is 3.11. The maximum Gasteiger partial charge on any atom is 0.416 e. The van der Waals surface area contributed by atoms with Gasteiger partial charge in [-0.25, -0.2) is 0 Å². The number of hydrogen-bond acceptors (Lipinski definition) is 2. The van der Waals surface area contributed by atoms with Crippen molar-refractivity contribution in [2.45, 2.75) is 25.6 Å². The van der Waals surface area contributed by atoms with Gasteiger partial charge in [0, 0.05) is 6.04 Å². The van der Waals surface area contributed by atoms with Gasteiger partial charge in [0.2, 0.25) is 0 Å². The maximum atomic E-state index is 12.5. The van der Waals surface area contributed by atoms with Crippen molar-refractivity contribution in [2.24, 2.45) is 0 Å². The summed E-state index contributed by atoms with van der Waals surface area (Å²) < 4.78 is 42.7. The van der Waals surface area contributed by atoms with Crippen LogP contribution in [0.2, 0.25) is 0 Å². The molecule has 108 valence electrons. The van der Waals surface area contributed by atoms with Crippen molar-refractivity contribution in [3.8, 4) is 0 Å². The van der Waals surface area contributed by atoms with E-state index < -0.39 is 11.7 Å². The van der Waals surface area contributed by atoms with Crippen LogP contribution in [0.5, 0.6) is 0 Å². The van der Waals surface area contributed by atoms with E-state index in [-0.39, 0.29) is 6.04 Å². The molecule has 0 radical (unpaired) electrons. The minimum atomic E-state index is -4.29. The number of halogens is 3. The number of rotatable bonds is 5. The smallest absolute Gasteiger partial charge is 0.416 e. The minimum Gasteiger partial charge on any atom is -0.472 e. The number of furan rings is 1. The second kappa shape index (κ2) is 6.13. The van der Waals surface area contributed by atoms with Gasteiger partial charge in [0.1, 0.15) is 0 Å². The molecule has 0 saturated carbocycles. The Hall–Kier alpha value is -1.75. The van der Waals surface area contributed by atoms with E-state index in [1.807, 2.05) is 13.0 Å². The van der Waals surface area contributed by atoms with Gasteiger partial charge in [-0.3, -0.25) is 0 Å². The topological polar surface area (TPSA) is 25.2 Å². The summed E-state index contributed by atoms with van der Waals surface area (Å²) in [6.45, 7) is 2.70. The Kier molecular flexibility index (Phi) is 4.49. The number of likely N-dealkylation sites (N-methyl/N-ethyl adjacent to an activating group) is 1. The van der Waals surface area contributed by atoms with Crippen LogP contribution in [-0.2, 0) is 12.6 Å². The summed E-state index contributed by atoms with van der Waals surface area (Å²) in [5.74, 6) is 0. The van der Waals surface area contributed by atoms with Crippen molar-refractivity contribution >= 4 is 0 Å². The molecule has 0 aliphatic heterocycles. The molecule has 1 aromatic heterocycles. The molecule has 0 bridgehead atoms. The highest BCUT2D eigenvalue weighted by molar-refractivity contribution is 5.28. The summed E-state index contributed by atoms with van der Waals surface area (Å²) in [7, 11) is 0. The average molecular weight is 283 g/mol. The van der Waals surface area contributed by atoms with Crippen LogP contribution in [0.15, 0.2) is 47.3 Å². The SMILES string of the molecule is CCNC(Cc1ccoc1)c1ccc(C(F)(F)F)cc1. The zero-order chi connectivity index (χ0) is 14.6. The summed E-state index contributed by atoms with van der Waals surface area (Å²) in [6, 6.07) is 7.12. The van der Waals surface area contributed by atoms with E-state index in [0.29, 0.717) is 6.42 Å². The molecule has 1 atom stereocenters. The first-order valence-corrected chi connectivity index (χ1v) is 6.42. The highest BCUT2D eigenvalue weighted by Gasteiger charge is 2.30. The number of benzene rings is 1. The zero-order valence-electron chi connectivity index (χ0n) is 11.1. The molecule has 2 nitrogen and oxygen atoms in total. The van der Waals surface area contributed by atoms with Crippen LogP contribution in [0.3, 0.4) is 0 Å². The summed E-state index contributed by atoms with van der Waals surface area (Å²) in [5.41, 5.74) is 1.22. The lowest BCUT2D eigenvalue weighted by atomic mass is 9.99. The largest absolute Gasteiger partial charge is 0.472 e. The van der Waals surface area contributed by atoms with Gasteiger partial charge in [-0.05, 0) is 42.3 Å². The maximum absolute atomic E-state index is 12.5. The molecular formula is C15H16F3NO. The van der Waals surface area contributed by atoms with E-state index in [1.165, 1.54) is 12.1 Å². The van der Waals surface area contributed by atoms with Gasteiger partial charge in [0.25, 0.3) is 0 Å². The first-order chi connectivity index (χ1) is 9.50. The molecule has 1 unspecified atom stereocenters. The van der Waals surface area contributed by atoms with Crippen molar-refractivity contribution in [3.63, 3.8) is 0 Å². The highest BCUT2D eigenvalue weighted by Crippen LogP contribution is 2.30. The van der Waals surface area contributed by atoms with Gasteiger partial charge >= 0.3 is 6.18 Å². The molecule has 20 heavy (non-hydrogen) atoms. The molecular weight excluding hydrogens is 267 g/mol.